The monoisotopic (exact) mass is 260 g/mol. The first kappa shape index (κ1) is 12.7. The Morgan fingerprint density at radius 1 is 1.39 bits per heavy atom. The molecule has 92 valence electrons. The number of aryl methyl sites for hydroxylation is 1. The summed E-state index contributed by atoms with van der Waals surface area (Å²) < 4.78 is 12.9. The molecule has 0 spiro atoms. The van der Waals surface area contributed by atoms with Gasteiger partial charge in [-0.05, 0) is 37.6 Å². The first-order valence-corrected chi connectivity index (χ1v) is 6.60. The van der Waals surface area contributed by atoms with E-state index in [2.05, 4.69) is 11.1 Å². The molecule has 1 atom stereocenters. The zero-order chi connectivity index (χ0) is 13.1. The number of aromatic nitrogens is 1. The normalized spacial score (nSPS) is 12.1. The number of hydrogen-bond acceptors (Lipinski definition) is 3. The van der Waals surface area contributed by atoms with Gasteiger partial charge in [0.15, 0.2) is 0 Å². The van der Waals surface area contributed by atoms with Crippen LogP contribution in [-0.4, -0.2) is 4.98 Å². The Kier molecular flexibility index (Phi) is 3.73. The number of benzene rings is 1. The van der Waals surface area contributed by atoms with Crippen LogP contribution in [0.3, 0.4) is 0 Å². The lowest BCUT2D eigenvalue weighted by atomic mass is 10.1. The standard InChI is InChI=1S/C14H13FN2S/c1-3-10(8-16)13-9(2)17-14(18-13)11-4-6-12(15)7-5-11/h4-7,10H,3H2,1-2H3. The number of thiazole rings is 1. The molecule has 4 heteroatoms. The Balaban J connectivity index is 2.40. The highest BCUT2D eigenvalue weighted by atomic mass is 32.1. The molecule has 0 saturated heterocycles. The third-order valence-electron chi connectivity index (χ3n) is 2.80. The minimum atomic E-state index is -0.254. The second-order valence-electron chi connectivity index (χ2n) is 4.07. The first-order chi connectivity index (χ1) is 8.65. The molecule has 0 aliphatic rings. The van der Waals surface area contributed by atoms with Crippen LogP contribution >= 0.6 is 11.3 Å². The highest BCUT2D eigenvalue weighted by molar-refractivity contribution is 7.15. The van der Waals surface area contributed by atoms with Crippen molar-refractivity contribution in [1.29, 1.82) is 5.26 Å². The highest BCUT2D eigenvalue weighted by Gasteiger charge is 2.17. The Morgan fingerprint density at radius 3 is 2.61 bits per heavy atom. The van der Waals surface area contributed by atoms with Gasteiger partial charge in [-0.25, -0.2) is 9.37 Å². The van der Waals surface area contributed by atoms with Gasteiger partial charge >= 0.3 is 0 Å². The van der Waals surface area contributed by atoms with Crippen LogP contribution < -0.4 is 0 Å². The number of nitriles is 1. The average Bonchev–Trinajstić information content (AvgIpc) is 2.74. The molecular weight excluding hydrogens is 247 g/mol. The van der Waals surface area contributed by atoms with Crippen molar-refractivity contribution in [3.63, 3.8) is 0 Å². The van der Waals surface area contributed by atoms with E-state index in [1.807, 2.05) is 13.8 Å². The van der Waals surface area contributed by atoms with Crippen LogP contribution in [0.15, 0.2) is 24.3 Å². The van der Waals surface area contributed by atoms with Gasteiger partial charge in [0.25, 0.3) is 0 Å². The molecule has 0 fully saturated rings. The predicted molar refractivity (Wildman–Crippen MR) is 70.9 cm³/mol. The van der Waals surface area contributed by atoms with E-state index < -0.39 is 0 Å². The lowest BCUT2D eigenvalue weighted by Crippen LogP contribution is -1.92. The summed E-state index contributed by atoms with van der Waals surface area (Å²) in [5.74, 6) is -0.354. The molecule has 2 aromatic rings. The topological polar surface area (TPSA) is 36.7 Å². The summed E-state index contributed by atoms with van der Waals surface area (Å²) >= 11 is 1.52. The molecule has 0 radical (unpaired) electrons. The largest absolute Gasteiger partial charge is 0.241 e. The molecule has 0 N–H and O–H groups in total. The van der Waals surface area contributed by atoms with E-state index in [-0.39, 0.29) is 11.7 Å². The summed E-state index contributed by atoms with van der Waals surface area (Å²) in [5, 5.41) is 9.94. The van der Waals surface area contributed by atoms with E-state index in [9.17, 15) is 4.39 Å². The third-order valence-corrected chi connectivity index (χ3v) is 4.12. The Bertz CT molecular complexity index is 581. The molecular formula is C14H13FN2S. The maximum atomic E-state index is 12.9. The summed E-state index contributed by atoms with van der Waals surface area (Å²) in [4.78, 5) is 5.49. The number of halogens is 1. The van der Waals surface area contributed by atoms with Gasteiger partial charge < -0.3 is 0 Å². The molecule has 1 heterocycles. The molecule has 0 saturated carbocycles. The van der Waals surface area contributed by atoms with Crippen LogP contribution in [0.5, 0.6) is 0 Å². The van der Waals surface area contributed by atoms with E-state index in [0.717, 1.165) is 27.6 Å². The smallest absolute Gasteiger partial charge is 0.123 e. The molecule has 0 amide bonds. The maximum Gasteiger partial charge on any atom is 0.123 e. The minimum absolute atomic E-state index is 0.100. The van der Waals surface area contributed by atoms with Gasteiger partial charge in [-0.3, -0.25) is 0 Å². The van der Waals surface area contributed by atoms with Crippen molar-refractivity contribution in [2.24, 2.45) is 0 Å². The zero-order valence-corrected chi connectivity index (χ0v) is 11.1. The zero-order valence-electron chi connectivity index (χ0n) is 10.3. The number of rotatable bonds is 3. The summed E-state index contributed by atoms with van der Waals surface area (Å²) in [6, 6.07) is 8.57. The minimum Gasteiger partial charge on any atom is -0.241 e. The molecule has 1 unspecified atom stereocenters. The Morgan fingerprint density at radius 2 is 2.06 bits per heavy atom. The van der Waals surface area contributed by atoms with Gasteiger partial charge in [-0.15, -0.1) is 11.3 Å². The van der Waals surface area contributed by atoms with Gasteiger partial charge in [0, 0.05) is 10.4 Å². The summed E-state index contributed by atoms with van der Waals surface area (Å²) in [6.07, 6.45) is 0.780. The Hall–Kier alpha value is -1.73. The summed E-state index contributed by atoms with van der Waals surface area (Å²) in [6.45, 7) is 3.91. The van der Waals surface area contributed by atoms with Crippen molar-refractivity contribution in [3.8, 4) is 16.6 Å². The van der Waals surface area contributed by atoms with E-state index >= 15 is 0 Å². The van der Waals surface area contributed by atoms with Gasteiger partial charge in [0.1, 0.15) is 10.8 Å². The van der Waals surface area contributed by atoms with Crippen molar-refractivity contribution in [2.45, 2.75) is 26.2 Å². The fraction of sp³-hybridized carbons (Fsp3) is 0.286. The molecule has 1 aromatic carbocycles. The number of nitrogens with zero attached hydrogens (tertiary/aromatic N) is 2. The van der Waals surface area contributed by atoms with E-state index in [1.165, 1.54) is 23.5 Å². The molecule has 0 bridgehead atoms. The second-order valence-corrected chi connectivity index (χ2v) is 5.10. The molecule has 2 nitrogen and oxygen atoms in total. The molecule has 0 aliphatic heterocycles. The summed E-state index contributed by atoms with van der Waals surface area (Å²) in [7, 11) is 0. The highest BCUT2D eigenvalue weighted by Crippen LogP contribution is 2.33. The molecule has 18 heavy (non-hydrogen) atoms. The van der Waals surface area contributed by atoms with E-state index in [4.69, 9.17) is 5.26 Å². The van der Waals surface area contributed by atoms with Crippen molar-refractivity contribution in [1.82, 2.24) is 4.98 Å². The fourth-order valence-electron chi connectivity index (χ4n) is 1.78. The lowest BCUT2D eigenvalue weighted by molar-refractivity contribution is 0.628. The van der Waals surface area contributed by atoms with Crippen LogP contribution in [0.4, 0.5) is 4.39 Å². The fourth-order valence-corrected chi connectivity index (χ4v) is 2.98. The van der Waals surface area contributed by atoms with Crippen molar-refractivity contribution in [3.05, 3.63) is 40.7 Å². The van der Waals surface area contributed by atoms with Crippen molar-refractivity contribution < 1.29 is 4.39 Å². The quantitative estimate of drug-likeness (QED) is 0.826. The van der Waals surface area contributed by atoms with Gasteiger partial charge in [0.2, 0.25) is 0 Å². The lowest BCUT2D eigenvalue weighted by Gasteiger charge is -2.01. The van der Waals surface area contributed by atoms with Crippen molar-refractivity contribution in [2.75, 3.05) is 0 Å². The van der Waals surface area contributed by atoms with Crippen LogP contribution in [0.25, 0.3) is 10.6 Å². The molecule has 2 rings (SSSR count). The molecule has 1 aromatic heterocycles. The predicted octanol–water partition coefficient (Wildman–Crippen LogP) is 4.27. The second kappa shape index (κ2) is 5.28. The van der Waals surface area contributed by atoms with Gasteiger partial charge in [-0.1, -0.05) is 6.92 Å². The van der Waals surface area contributed by atoms with Crippen LogP contribution in [0.2, 0.25) is 0 Å². The molecule has 0 aliphatic carbocycles. The van der Waals surface area contributed by atoms with E-state index in [1.54, 1.807) is 12.1 Å². The average molecular weight is 260 g/mol. The van der Waals surface area contributed by atoms with E-state index in [0.29, 0.717) is 0 Å². The number of hydrogen-bond donors (Lipinski definition) is 0. The van der Waals surface area contributed by atoms with Gasteiger partial charge in [0.05, 0.1) is 17.7 Å². The van der Waals surface area contributed by atoms with Gasteiger partial charge in [-0.2, -0.15) is 5.26 Å². The Labute approximate surface area is 110 Å². The van der Waals surface area contributed by atoms with Crippen molar-refractivity contribution >= 4 is 11.3 Å². The van der Waals surface area contributed by atoms with Crippen LogP contribution in [0, 0.1) is 24.1 Å². The maximum absolute atomic E-state index is 12.9. The van der Waals surface area contributed by atoms with Crippen LogP contribution in [0.1, 0.15) is 29.8 Å². The SMILES string of the molecule is CCC(C#N)c1sc(-c2ccc(F)cc2)nc1C. The van der Waals surface area contributed by atoms with Crippen LogP contribution in [-0.2, 0) is 0 Å². The summed E-state index contributed by atoms with van der Waals surface area (Å²) in [5.41, 5.74) is 1.79. The third kappa shape index (κ3) is 2.41. The first-order valence-electron chi connectivity index (χ1n) is 5.78.